The molecule has 0 spiro atoms. The van der Waals surface area contributed by atoms with Crippen LogP contribution in [-0.2, 0) is 11.2 Å². The van der Waals surface area contributed by atoms with E-state index >= 15 is 0 Å². The SMILES string of the molecule is COc1cc(C2CC2)ccc1CCCC(=O)c1ccc(Oc2cc3c(cc2Cl)C(C(=O)[O-])CCO3)cc1.[Na+]. The van der Waals surface area contributed by atoms with E-state index in [0.717, 1.165) is 24.2 Å². The average Bonchev–Trinajstić information content (AvgIpc) is 3.75. The van der Waals surface area contributed by atoms with E-state index in [2.05, 4.69) is 18.2 Å². The Morgan fingerprint density at radius 2 is 1.79 bits per heavy atom. The third-order valence-corrected chi connectivity index (χ3v) is 7.30. The van der Waals surface area contributed by atoms with Crippen molar-refractivity contribution in [1.82, 2.24) is 0 Å². The molecule has 0 radical (unpaired) electrons. The van der Waals surface area contributed by atoms with Gasteiger partial charge in [0.25, 0.3) is 0 Å². The minimum atomic E-state index is -1.15. The number of hydrogen-bond donors (Lipinski definition) is 0. The summed E-state index contributed by atoms with van der Waals surface area (Å²) in [6, 6.07) is 16.5. The Kier molecular flexibility index (Phi) is 9.42. The van der Waals surface area contributed by atoms with Gasteiger partial charge in [0.2, 0.25) is 0 Å². The van der Waals surface area contributed by atoms with Gasteiger partial charge in [-0.15, -0.1) is 0 Å². The van der Waals surface area contributed by atoms with Crippen LogP contribution in [0.2, 0.25) is 5.02 Å². The number of aryl methyl sites for hydroxylation is 1. The van der Waals surface area contributed by atoms with Gasteiger partial charge in [-0.2, -0.15) is 0 Å². The van der Waals surface area contributed by atoms with E-state index < -0.39 is 11.9 Å². The number of rotatable bonds is 10. The maximum Gasteiger partial charge on any atom is 1.00 e. The molecule has 1 saturated carbocycles. The number of carbonyl (C=O) groups excluding carboxylic acids is 2. The average molecular weight is 543 g/mol. The molecule has 6 nitrogen and oxygen atoms in total. The van der Waals surface area contributed by atoms with Crippen LogP contribution in [0.5, 0.6) is 23.0 Å². The van der Waals surface area contributed by atoms with E-state index in [1.807, 2.05) is 0 Å². The van der Waals surface area contributed by atoms with Gasteiger partial charge >= 0.3 is 29.6 Å². The fourth-order valence-corrected chi connectivity index (χ4v) is 4.98. The predicted octanol–water partition coefficient (Wildman–Crippen LogP) is 2.84. The van der Waals surface area contributed by atoms with Crippen LogP contribution in [0.1, 0.15) is 71.0 Å². The fraction of sp³-hybridized carbons (Fsp3) is 0.333. The van der Waals surface area contributed by atoms with Crippen LogP contribution in [0.25, 0.3) is 0 Å². The number of aliphatic carboxylic acids is 1. The molecule has 1 aliphatic carbocycles. The first-order chi connectivity index (χ1) is 17.9. The van der Waals surface area contributed by atoms with Crippen molar-refractivity contribution in [3.8, 4) is 23.0 Å². The van der Waals surface area contributed by atoms with Crippen molar-refractivity contribution >= 4 is 23.4 Å². The number of carbonyl (C=O) groups is 2. The molecule has 0 amide bonds. The Bertz CT molecular complexity index is 1320. The van der Waals surface area contributed by atoms with Crippen molar-refractivity contribution < 1.29 is 58.5 Å². The van der Waals surface area contributed by atoms with Crippen LogP contribution in [0.3, 0.4) is 0 Å². The van der Waals surface area contributed by atoms with Crippen molar-refractivity contribution in [2.45, 2.75) is 50.4 Å². The van der Waals surface area contributed by atoms with Crippen molar-refractivity contribution in [1.29, 1.82) is 0 Å². The van der Waals surface area contributed by atoms with Crippen molar-refractivity contribution in [3.05, 3.63) is 81.9 Å². The molecule has 192 valence electrons. The monoisotopic (exact) mass is 542 g/mol. The molecule has 1 heterocycles. The zero-order valence-electron chi connectivity index (χ0n) is 21.6. The summed E-state index contributed by atoms with van der Waals surface area (Å²) in [6.07, 6.45) is 4.77. The maximum atomic E-state index is 12.7. The Labute approximate surface area is 249 Å². The second kappa shape index (κ2) is 12.6. The maximum absolute atomic E-state index is 12.7. The van der Waals surface area contributed by atoms with E-state index in [1.54, 1.807) is 43.5 Å². The Morgan fingerprint density at radius 1 is 1.03 bits per heavy atom. The molecule has 1 fully saturated rings. The second-order valence-electron chi connectivity index (χ2n) is 9.58. The van der Waals surface area contributed by atoms with E-state index in [0.29, 0.717) is 47.1 Å². The first-order valence-electron chi connectivity index (χ1n) is 12.6. The van der Waals surface area contributed by atoms with Gasteiger partial charge in [0.1, 0.15) is 23.0 Å². The number of Topliss-reactive ketones (excluding diaryl/α,β-unsaturated/α-hetero) is 1. The summed E-state index contributed by atoms with van der Waals surface area (Å²) in [7, 11) is 1.69. The molecule has 38 heavy (non-hydrogen) atoms. The number of carboxylic acids is 1. The molecule has 1 unspecified atom stereocenters. The summed E-state index contributed by atoms with van der Waals surface area (Å²) in [5.41, 5.74) is 3.56. The summed E-state index contributed by atoms with van der Waals surface area (Å²) < 4.78 is 17.1. The van der Waals surface area contributed by atoms with Gasteiger partial charge in [0, 0.05) is 35.5 Å². The molecular formula is C30H28ClNaO6. The molecule has 3 aromatic rings. The third kappa shape index (κ3) is 6.55. The predicted molar refractivity (Wildman–Crippen MR) is 138 cm³/mol. The number of hydrogen-bond acceptors (Lipinski definition) is 6. The molecule has 8 heteroatoms. The van der Waals surface area contributed by atoms with E-state index in [1.165, 1.54) is 18.4 Å². The number of benzene rings is 3. The van der Waals surface area contributed by atoms with Crippen LogP contribution < -0.4 is 48.9 Å². The summed E-state index contributed by atoms with van der Waals surface area (Å²) >= 11 is 6.36. The van der Waals surface area contributed by atoms with Crippen LogP contribution in [0.15, 0.2) is 54.6 Å². The molecule has 0 N–H and O–H groups in total. The molecule has 3 aromatic carbocycles. The van der Waals surface area contributed by atoms with Crippen molar-refractivity contribution in [2.24, 2.45) is 0 Å². The number of fused-ring (bicyclic) bond motifs is 1. The van der Waals surface area contributed by atoms with Gasteiger partial charge in [-0.25, -0.2) is 0 Å². The minimum absolute atomic E-state index is 0. The molecular weight excluding hydrogens is 515 g/mol. The molecule has 1 aliphatic heterocycles. The van der Waals surface area contributed by atoms with Gasteiger partial charge in [0.05, 0.1) is 18.7 Å². The fourth-order valence-electron chi connectivity index (χ4n) is 4.77. The van der Waals surface area contributed by atoms with Crippen molar-refractivity contribution in [2.75, 3.05) is 13.7 Å². The molecule has 0 bridgehead atoms. The quantitative estimate of drug-likeness (QED) is 0.289. The van der Waals surface area contributed by atoms with E-state index in [-0.39, 0.29) is 47.0 Å². The zero-order valence-corrected chi connectivity index (χ0v) is 24.4. The van der Waals surface area contributed by atoms with E-state index in [9.17, 15) is 14.7 Å². The Balaban J connectivity index is 0.00000336. The van der Waals surface area contributed by atoms with Crippen LogP contribution in [0.4, 0.5) is 0 Å². The number of ether oxygens (including phenoxy) is 3. The third-order valence-electron chi connectivity index (χ3n) is 7.00. The molecule has 0 saturated heterocycles. The zero-order chi connectivity index (χ0) is 25.9. The second-order valence-corrected chi connectivity index (χ2v) is 9.99. The summed E-state index contributed by atoms with van der Waals surface area (Å²) in [5.74, 6) is 1.00. The van der Waals surface area contributed by atoms with E-state index in [4.69, 9.17) is 25.8 Å². The van der Waals surface area contributed by atoms with Crippen molar-refractivity contribution in [3.63, 3.8) is 0 Å². The van der Waals surface area contributed by atoms with Crippen LogP contribution in [0, 0.1) is 0 Å². The first-order valence-corrected chi connectivity index (χ1v) is 13.0. The summed E-state index contributed by atoms with van der Waals surface area (Å²) in [5, 5.41) is 11.7. The van der Waals surface area contributed by atoms with Crippen LogP contribution >= 0.6 is 11.6 Å². The topological polar surface area (TPSA) is 84.9 Å². The van der Waals surface area contributed by atoms with Gasteiger partial charge in [-0.1, -0.05) is 23.7 Å². The Hall–Kier alpha value is -2.51. The van der Waals surface area contributed by atoms with Gasteiger partial charge in [-0.05, 0) is 85.5 Å². The largest absolute Gasteiger partial charge is 1.00 e. The van der Waals surface area contributed by atoms with Crippen LogP contribution in [-0.4, -0.2) is 25.5 Å². The number of halogens is 1. The first kappa shape index (κ1) is 28.5. The van der Waals surface area contributed by atoms with Gasteiger partial charge in [-0.3, -0.25) is 4.79 Å². The molecule has 2 aliphatic rings. The standard InChI is InChI=1S/C30H29ClO6.Na/c1-35-27-15-21(18-5-6-18)8-7-20(27)3-2-4-26(32)19-9-11-22(12-10-19)37-29-17-28-24(16-25(29)31)23(30(33)34)13-14-36-28;/h7-12,15-18,23H,2-6,13-14H2,1H3,(H,33,34);/q;+1/p-1. The molecule has 5 rings (SSSR count). The number of methoxy groups -OCH3 is 1. The summed E-state index contributed by atoms with van der Waals surface area (Å²) in [4.78, 5) is 24.2. The number of ketones is 1. The molecule has 0 aromatic heterocycles. The van der Waals surface area contributed by atoms with Gasteiger partial charge < -0.3 is 24.1 Å². The number of carboxylic acid groups (broad SMARTS) is 1. The molecule has 1 atom stereocenters. The smallest absolute Gasteiger partial charge is 0.549 e. The summed E-state index contributed by atoms with van der Waals surface area (Å²) in [6.45, 7) is 0.280. The van der Waals surface area contributed by atoms with Gasteiger partial charge in [0.15, 0.2) is 5.78 Å². The normalized spacial score (nSPS) is 16.0. The Morgan fingerprint density at radius 3 is 2.47 bits per heavy atom. The minimum Gasteiger partial charge on any atom is -0.549 e.